The van der Waals surface area contributed by atoms with Gasteiger partial charge in [-0.1, -0.05) is 13.0 Å². The van der Waals surface area contributed by atoms with E-state index in [9.17, 15) is 4.39 Å². The third kappa shape index (κ3) is 3.03. The summed E-state index contributed by atoms with van der Waals surface area (Å²) in [7, 11) is 1.63. The van der Waals surface area contributed by atoms with Crippen LogP contribution in [0, 0.1) is 19.7 Å². The Labute approximate surface area is 96.8 Å². The molecule has 0 saturated heterocycles. The molecule has 0 aliphatic heterocycles. The summed E-state index contributed by atoms with van der Waals surface area (Å²) in [5.41, 5.74) is 2.64. The first-order valence-corrected chi connectivity index (χ1v) is 5.59. The zero-order valence-electron chi connectivity index (χ0n) is 10.4. The molecule has 1 unspecified atom stereocenters. The second kappa shape index (κ2) is 5.97. The molecule has 0 saturated carbocycles. The Morgan fingerprint density at radius 2 is 2.06 bits per heavy atom. The van der Waals surface area contributed by atoms with Crippen molar-refractivity contribution in [3.63, 3.8) is 0 Å². The molecule has 1 N–H and O–H groups in total. The Morgan fingerprint density at radius 3 is 2.56 bits per heavy atom. The fraction of sp³-hybridized carbons (Fsp3) is 0.538. The van der Waals surface area contributed by atoms with Crippen LogP contribution in [0.1, 0.15) is 29.7 Å². The van der Waals surface area contributed by atoms with Crippen LogP contribution in [0.4, 0.5) is 4.39 Å². The second-order valence-corrected chi connectivity index (χ2v) is 4.04. The highest BCUT2D eigenvalue weighted by Crippen LogP contribution is 2.23. The molecule has 0 amide bonds. The van der Waals surface area contributed by atoms with Crippen molar-refractivity contribution in [3.05, 3.63) is 34.6 Å². The lowest BCUT2D eigenvalue weighted by Gasteiger charge is -2.20. The number of rotatable bonds is 5. The van der Waals surface area contributed by atoms with E-state index >= 15 is 0 Å². The van der Waals surface area contributed by atoms with Crippen LogP contribution in [0.2, 0.25) is 0 Å². The van der Waals surface area contributed by atoms with Crippen LogP contribution in [0.25, 0.3) is 0 Å². The van der Waals surface area contributed by atoms with E-state index in [0.717, 1.165) is 17.7 Å². The minimum Gasteiger partial charge on any atom is -0.383 e. The maximum absolute atomic E-state index is 13.9. The molecular weight excluding hydrogens is 205 g/mol. The highest BCUT2D eigenvalue weighted by atomic mass is 19.1. The van der Waals surface area contributed by atoms with Gasteiger partial charge in [-0.3, -0.25) is 0 Å². The van der Waals surface area contributed by atoms with Gasteiger partial charge in [-0.15, -0.1) is 0 Å². The molecule has 0 spiro atoms. The number of likely N-dealkylation sites (N-methyl/N-ethyl adjacent to an activating group) is 1. The predicted octanol–water partition coefficient (Wildman–Crippen LogP) is 2.74. The average Bonchev–Trinajstić information content (AvgIpc) is 2.16. The van der Waals surface area contributed by atoms with Crippen molar-refractivity contribution in [1.82, 2.24) is 5.32 Å². The number of ether oxygens (including phenoxy) is 1. The molecule has 16 heavy (non-hydrogen) atoms. The zero-order valence-corrected chi connectivity index (χ0v) is 10.4. The molecule has 0 heterocycles. The fourth-order valence-corrected chi connectivity index (χ4v) is 2.03. The van der Waals surface area contributed by atoms with Crippen molar-refractivity contribution >= 4 is 0 Å². The number of hydrogen-bond acceptors (Lipinski definition) is 2. The maximum atomic E-state index is 13.9. The fourth-order valence-electron chi connectivity index (χ4n) is 2.03. The Morgan fingerprint density at radius 1 is 1.38 bits per heavy atom. The lowest BCUT2D eigenvalue weighted by atomic mass is 9.98. The molecule has 2 nitrogen and oxygen atoms in total. The minimum atomic E-state index is -0.152. The van der Waals surface area contributed by atoms with Gasteiger partial charge in [0.1, 0.15) is 5.82 Å². The molecule has 0 aliphatic carbocycles. The van der Waals surface area contributed by atoms with E-state index < -0.39 is 0 Å². The molecule has 1 rings (SSSR count). The summed E-state index contributed by atoms with van der Waals surface area (Å²) in [5.74, 6) is -0.152. The van der Waals surface area contributed by atoms with Crippen LogP contribution in [0.5, 0.6) is 0 Å². The number of aryl methyl sites for hydroxylation is 2. The van der Waals surface area contributed by atoms with Gasteiger partial charge in [-0.2, -0.15) is 0 Å². The van der Waals surface area contributed by atoms with Crippen LogP contribution in [-0.4, -0.2) is 20.3 Å². The number of hydrogen-bond donors (Lipinski definition) is 1. The molecule has 0 fully saturated rings. The molecule has 1 atom stereocenters. The first kappa shape index (κ1) is 13.1. The van der Waals surface area contributed by atoms with E-state index in [1.807, 2.05) is 26.8 Å². The van der Waals surface area contributed by atoms with Crippen LogP contribution < -0.4 is 5.32 Å². The average molecular weight is 225 g/mol. The normalized spacial score (nSPS) is 12.8. The number of benzene rings is 1. The van der Waals surface area contributed by atoms with Gasteiger partial charge in [0.05, 0.1) is 12.6 Å². The molecular formula is C13H20FNO. The molecule has 0 aromatic heterocycles. The van der Waals surface area contributed by atoms with Crippen molar-refractivity contribution < 1.29 is 9.13 Å². The quantitative estimate of drug-likeness (QED) is 0.832. The highest BCUT2D eigenvalue weighted by Gasteiger charge is 2.17. The summed E-state index contributed by atoms with van der Waals surface area (Å²) in [6.45, 7) is 7.11. The van der Waals surface area contributed by atoms with Gasteiger partial charge >= 0.3 is 0 Å². The summed E-state index contributed by atoms with van der Waals surface area (Å²) >= 11 is 0. The van der Waals surface area contributed by atoms with Gasteiger partial charge in [0.2, 0.25) is 0 Å². The van der Waals surface area contributed by atoms with Crippen LogP contribution in [0.3, 0.4) is 0 Å². The van der Waals surface area contributed by atoms with Gasteiger partial charge in [0, 0.05) is 12.7 Å². The lowest BCUT2D eigenvalue weighted by Crippen LogP contribution is -2.26. The standard InChI is InChI=1S/C13H20FNO/c1-5-15-12(8-16-4)13-10(3)6-9(2)7-11(13)14/h6-7,12,15H,5,8H2,1-4H3. The van der Waals surface area contributed by atoms with Crippen molar-refractivity contribution in [2.75, 3.05) is 20.3 Å². The molecule has 0 aliphatic rings. The van der Waals surface area contributed by atoms with Crippen LogP contribution >= 0.6 is 0 Å². The molecule has 3 heteroatoms. The second-order valence-electron chi connectivity index (χ2n) is 4.04. The van der Waals surface area contributed by atoms with Gasteiger partial charge in [0.25, 0.3) is 0 Å². The molecule has 1 aromatic carbocycles. The number of methoxy groups -OCH3 is 1. The SMILES string of the molecule is CCNC(COC)c1c(C)cc(C)cc1F. The maximum Gasteiger partial charge on any atom is 0.128 e. The van der Waals surface area contributed by atoms with Crippen molar-refractivity contribution in [2.45, 2.75) is 26.8 Å². The number of nitrogens with one attached hydrogen (secondary N) is 1. The van der Waals surface area contributed by atoms with Crippen molar-refractivity contribution in [1.29, 1.82) is 0 Å². The first-order valence-electron chi connectivity index (χ1n) is 5.59. The largest absolute Gasteiger partial charge is 0.383 e. The Bertz CT molecular complexity index is 323. The smallest absolute Gasteiger partial charge is 0.128 e. The van der Waals surface area contributed by atoms with Gasteiger partial charge < -0.3 is 10.1 Å². The minimum absolute atomic E-state index is 0.0735. The first-order chi connectivity index (χ1) is 7.60. The summed E-state index contributed by atoms with van der Waals surface area (Å²) in [5, 5.41) is 3.24. The van der Waals surface area contributed by atoms with Gasteiger partial charge in [-0.25, -0.2) is 4.39 Å². The Balaban J connectivity index is 3.07. The monoisotopic (exact) mass is 225 g/mol. The van der Waals surface area contributed by atoms with Gasteiger partial charge in [0.15, 0.2) is 0 Å². The molecule has 0 radical (unpaired) electrons. The van der Waals surface area contributed by atoms with E-state index in [4.69, 9.17) is 4.74 Å². The van der Waals surface area contributed by atoms with E-state index in [-0.39, 0.29) is 11.9 Å². The topological polar surface area (TPSA) is 21.3 Å². The summed E-state index contributed by atoms with van der Waals surface area (Å²) in [6, 6.07) is 3.50. The third-order valence-electron chi connectivity index (χ3n) is 2.61. The van der Waals surface area contributed by atoms with Gasteiger partial charge in [-0.05, 0) is 37.6 Å². The van der Waals surface area contributed by atoms with E-state index in [0.29, 0.717) is 12.2 Å². The highest BCUT2D eigenvalue weighted by molar-refractivity contribution is 5.34. The zero-order chi connectivity index (χ0) is 12.1. The van der Waals surface area contributed by atoms with Crippen molar-refractivity contribution in [2.24, 2.45) is 0 Å². The van der Waals surface area contributed by atoms with E-state index in [2.05, 4.69) is 5.32 Å². The predicted molar refractivity (Wildman–Crippen MR) is 64.2 cm³/mol. The lowest BCUT2D eigenvalue weighted by molar-refractivity contribution is 0.166. The molecule has 1 aromatic rings. The molecule has 90 valence electrons. The van der Waals surface area contributed by atoms with E-state index in [1.54, 1.807) is 13.2 Å². The summed E-state index contributed by atoms with van der Waals surface area (Å²) in [6.07, 6.45) is 0. The summed E-state index contributed by atoms with van der Waals surface area (Å²) < 4.78 is 19.0. The number of halogens is 1. The Kier molecular flexibility index (Phi) is 4.90. The van der Waals surface area contributed by atoms with Crippen LogP contribution in [0.15, 0.2) is 12.1 Å². The molecule has 0 bridgehead atoms. The van der Waals surface area contributed by atoms with Crippen molar-refractivity contribution in [3.8, 4) is 0 Å². The summed E-state index contributed by atoms with van der Waals surface area (Å²) in [4.78, 5) is 0. The Hall–Kier alpha value is -0.930. The van der Waals surface area contributed by atoms with Crippen LogP contribution in [-0.2, 0) is 4.74 Å². The van der Waals surface area contributed by atoms with E-state index in [1.165, 1.54) is 0 Å². The third-order valence-corrected chi connectivity index (χ3v) is 2.61.